The third-order valence-corrected chi connectivity index (χ3v) is 3.18. The Labute approximate surface area is 79.8 Å². The van der Waals surface area contributed by atoms with Crippen LogP contribution in [0.15, 0.2) is 0 Å². The molecule has 0 N–H and O–H groups in total. The molecule has 13 heavy (non-hydrogen) atoms. The Morgan fingerprint density at radius 2 is 2.23 bits per heavy atom. The lowest BCUT2D eigenvalue weighted by molar-refractivity contribution is 0.00282. The highest BCUT2D eigenvalue weighted by molar-refractivity contribution is 7.90. The van der Waals surface area contributed by atoms with Crippen LogP contribution in [0.25, 0.3) is 0 Å². The molecule has 0 aliphatic carbocycles. The van der Waals surface area contributed by atoms with Crippen LogP contribution in [0.2, 0.25) is 0 Å². The largest absolute Gasteiger partial charge is 0.379 e. The van der Waals surface area contributed by atoms with Crippen molar-refractivity contribution < 1.29 is 13.2 Å². The molecule has 1 heterocycles. The fraction of sp³-hybridized carbons (Fsp3) is 1.00. The standard InChI is InChI=1S/C8H17NO3S/c1-8-7-12-5-3-9(8)4-6-13(2,10)11/h8H,3-7H2,1-2H3/t8-/m1/s1. The molecule has 0 saturated carbocycles. The van der Waals surface area contributed by atoms with E-state index in [0.29, 0.717) is 25.8 Å². The molecule has 78 valence electrons. The highest BCUT2D eigenvalue weighted by Gasteiger charge is 2.19. The van der Waals surface area contributed by atoms with Crippen LogP contribution >= 0.6 is 0 Å². The molecule has 0 spiro atoms. The van der Waals surface area contributed by atoms with Gasteiger partial charge in [0.25, 0.3) is 0 Å². The number of hydrogen-bond donors (Lipinski definition) is 0. The van der Waals surface area contributed by atoms with Gasteiger partial charge >= 0.3 is 0 Å². The van der Waals surface area contributed by atoms with Gasteiger partial charge < -0.3 is 4.74 Å². The normalized spacial score (nSPS) is 26.2. The molecule has 0 amide bonds. The van der Waals surface area contributed by atoms with E-state index < -0.39 is 9.84 Å². The molecule has 0 aromatic rings. The smallest absolute Gasteiger partial charge is 0.148 e. The highest BCUT2D eigenvalue weighted by Crippen LogP contribution is 2.05. The molecule has 0 aromatic carbocycles. The lowest BCUT2D eigenvalue weighted by Gasteiger charge is -2.32. The first-order valence-corrected chi connectivity index (χ1v) is 6.54. The third kappa shape index (κ3) is 4.06. The van der Waals surface area contributed by atoms with Crippen LogP contribution in [0.1, 0.15) is 6.92 Å². The van der Waals surface area contributed by atoms with Crippen LogP contribution < -0.4 is 0 Å². The number of sulfone groups is 1. The average Bonchev–Trinajstić information content (AvgIpc) is 2.01. The molecule has 5 heteroatoms. The van der Waals surface area contributed by atoms with E-state index in [1.54, 1.807) is 0 Å². The molecule has 1 saturated heterocycles. The molecule has 4 nitrogen and oxygen atoms in total. The number of nitrogens with zero attached hydrogens (tertiary/aromatic N) is 1. The molecule has 0 aromatic heterocycles. The quantitative estimate of drug-likeness (QED) is 0.640. The van der Waals surface area contributed by atoms with E-state index in [1.165, 1.54) is 6.26 Å². The lowest BCUT2D eigenvalue weighted by Crippen LogP contribution is -2.45. The van der Waals surface area contributed by atoms with Crippen LogP contribution in [0.5, 0.6) is 0 Å². The van der Waals surface area contributed by atoms with Gasteiger partial charge in [0.15, 0.2) is 0 Å². The van der Waals surface area contributed by atoms with Gasteiger partial charge in [0.05, 0.1) is 19.0 Å². The topological polar surface area (TPSA) is 46.6 Å². The van der Waals surface area contributed by atoms with Crippen LogP contribution in [0.4, 0.5) is 0 Å². The Hall–Kier alpha value is -0.130. The Morgan fingerprint density at radius 3 is 2.77 bits per heavy atom. The Balaban J connectivity index is 2.35. The summed E-state index contributed by atoms with van der Waals surface area (Å²) in [5, 5.41) is 0. The van der Waals surface area contributed by atoms with Crippen LogP contribution in [0.3, 0.4) is 0 Å². The summed E-state index contributed by atoms with van der Waals surface area (Å²) in [6.07, 6.45) is 1.28. The molecule has 1 atom stereocenters. The molecular formula is C8H17NO3S. The third-order valence-electron chi connectivity index (χ3n) is 2.25. The van der Waals surface area contributed by atoms with E-state index in [2.05, 4.69) is 11.8 Å². The average molecular weight is 207 g/mol. The summed E-state index contributed by atoms with van der Waals surface area (Å²) in [6, 6.07) is 0.343. The van der Waals surface area contributed by atoms with E-state index in [9.17, 15) is 8.42 Å². The number of rotatable bonds is 3. The summed E-state index contributed by atoms with van der Waals surface area (Å²) in [7, 11) is -2.83. The Morgan fingerprint density at radius 1 is 1.54 bits per heavy atom. The molecule has 1 fully saturated rings. The summed E-state index contributed by atoms with van der Waals surface area (Å²) >= 11 is 0. The number of hydrogen-bond acceptors (Lipinski definition) is 4. The van der Waals surface area contributed by atoms with Gasteiger partial charge in [0.1, 0.15) is 9.84 Å². The summed E-state index contributed by atoms with van der Waals surface area (Å²) in [5.74, 6) is 0.247. The van der Waals surface area contributed by atoms with Crippen molar-refractivity contribution >= 4 is 9.84 Å². The lowest BCUT2D eigenvalue weighted by atomic mass is 10.2. The predicted octanol–water partition coefficient (Wildman–Crippen LogP) is -0.248. The highest BCUT2D eigenvalue weighted by atomic mass is 32.2. The van der Waals surface area contributed by atoms with Crippen LogP contribution in [0, 0.1) is 0 Å². The minimum atomic E-state index is -2.83. The molecule has 0 unspecified atom stereocenters. The minimum absolute atomic E-state index is 0.247. The van der Waals surface area contributed by atoms with Crippen molar-refractivity contribution in [2.75, 3.05) is 38.3 Å². The van der Waals surface area contributed by atoms with Crippen molar-refractivity contribution in [3.63, 3.8) is 0 Å². The Kier molecular flexibility index (Phi) is 3.70. The SMILES string of the molecule is C[C@@H]1COCCN1CCS(C)(=O)=O. The molecular weight excluding hydrogens is 190 g/mol. The maximum Gasteiger partial charge on any atom is 0.148 e. The van der Waals surface area contributed by atoms with Gasteiger partial charge in [-0.05, 0) is 6.92 Å². The molecule has 1 aliphatic rings. The summed E-state index contributed by atoms with van der Waals surface area (Å²) in [4.78, 5) is 2.16. The van der Waals surface area contributed by atoms with Gasteiger partial charge in [-0.25, -0.2) is 8.42 Å². The van der Waals surface area contributed by atoms with Gasteiger partial charge in [-0.15, -0.1) is 0 Å². The number of morpholine rings is 1. The van der Waals surface area contributed by atoms with Gasteiger partial charge in [0.2, 0.25) is 0 Å². The van der Waals surface area contributed by atoms with Crippen LogP contribution in [-0.2, 0) is 14.6 Å². The maximum atomic E-state index is 10.9. The fourth-order valence-corrected chi connectivity index (χ4v) is 1.94. The van der Waals surface area contributed by atoms with E-state index in [0.717, 1.165) is 6.54 Å². The monoisotopic (exact) mass is 207 g/mol. The minimum Gasteiger partial charge on any atom is -0.379 e. The zero-order chi connectivity index (χ0) is 9.90. The zero-order valence-corrected chi connectivity index (χ0v) is 9.01. The molecule has 1 aliphatic heterocycles. The van der Waals surface area contributed by atoms with E-state index >= 15 is 0 Å². The van der Waals surface area contributed by atoms with Crippen molar-refractivity contribution in [2.45, 2.75) is 13.0 Å². The van der Waals surface area contributed by atoms with Gasteiger partial charge in [-0.2, -0.15) is 0 Å². The maximum absolute atomic E-state index is 10.9. The first-order chi connectivity index (χ1) is 5.99. The van der Waals surface area contributed by atoms with Crippen molar-refractivity contribution in [1.29, 1.82) is 0 Å². The predicted molar refractivity (Wildman–Crippen MR) is 51.6 cm³/mol. The van der Waals surface area contributed by atoms with Crippen molar-refractivity contribution in [3.8, 4) is 0 Å². The van der Waals surface area contributed by atoms with Crippen molar-refractivity contribution in [3.05, 3.63) is 0 Å². The van der Waals surface area contributed by atoms with E-state index in [1.807, 2.05) is 0 Å². The summed E-state index contributed by atoms with van der Waals surface area (Å²) in [5.41, 5.74) is 0. The van der Waals surface area contributed by atoms with Crippen molar-refractivity contribution in [1.82, 2.24) is 4.90 Å². The molecule has 0 bridgehead atoms. The van der Waals surface area contributed by atoms with Crippen molar-refractivity contribution in [2.24, 2.45) is 0 Å². The second-order valence-electron chi connectivity index (χ2n) is 3.59. The van der Waals surface area contributed by atoms with E-state index in [4.69, 9.17) is 4.74 Å². The zero-order valence-electron chi connectivity index (χ0n) is 8.19. The molecule has 1 rings (SSSR count). The van der Waals surface area contributed by atoms with Gasteiger partial charge in [-0.3, -0.25) is 4.90 Å². The molecule has 0 radical (unpaired) electrons. The summed E-state index contributed by atoms with van der Waals surface area (Å²) in [6.45, 7) is 4.96. The van der Waals surface area contributed by atoms with E-state index in [-0.39, 0.29) is 5.75 Å². The van der Waals surface area contributed by atoms with Gasteiger partial charge in [0, 0.05) is 25.4 Å². The second-order valence-corrected chi connectivity index (χ2v) is 5.85. The second kappa shape index (κ2) is 4.39. The summed E-state index contributed by atoms with van der Waals surface area (Å²) < 4.78 is 27.1. The number of ether oxygens (including phenoxy) is 1. The fourth-order valence-electron chi connectivity index (χ4n) is 1.38. The first-order valence-electron chi connectivity index (χ1n) is 4.48. The Bertz CT molecular complexity index is 250. The first kappa shape index (κ1) is 10.9. The van der Waals surface area contributed by atoms with Gasteiger partial charge in [-0.1, -0.05) is 0 Å². The van der Waals surface area contributed by atoms with Crippen LogP contribution in [-0.4, -0.2) is 57.7 Å².